The maximum atomic E-state index is 13.3. The molecular weight excluding hydrogens is 388 g/mol. The maximum absolute atomic E-state index is 13.3. The molecule has 1 amide bonds. The minimum absolute atomic E-state index is 0.239. The zero-order valence-electron chi connectivity index (χ0n) is 15.9. The van der Waals surface area contributed by atoms with E-state index in [0.717, 1.165) is 18.7 Å². The summed E-state index contributed by atoms with van der Waals surface area (Å²) in [6.07, 6.45) is -2.83. The summed E-state index contributed by atoms with van der Waals surface area (Å²) in [6, 6.07) is 7.67. The average Bonchev–Trinajstić information content (AvgIpc) is 2.93. The van der Waals surface area contributed by atoms with Gasteiger partial charge in [-0.2, -0.15) is 13.2 Å². The first-order valence-corrected chi connectivity index (χ1v) is 9.33. The van der Waals surface area contributed by atoms with Crippen LogP contribution in [0.25, 0.3) is 0 Å². The zero-order valence-corrected chi connectivity index (χ0v) is 15.9. The first kappa shape index (κ1) is 21.0. The molecule has 0 radical (unpaired) electrons. The van der Waals surface area contributed by atoms with E-state index in [0.29, 0.717) is 37.7 Å². The molecule has 0 aliphatic carbocycles. The second-order valence-corrected chi connectivity index (χ2v) is 6.95. The second-order valence-electron chi connectivity index (χ2n) is 6.95. The Hall–Kier alpha value is -2.68. The van der Waals surface area contributed by atoms with Crippen LogP contribution in [0.3, 0.4) is 0 Å². The van der Waals surface area contributed by atoms with E-state index in [9.17, 15) is 22.4 Å². The highest BCUT2D eigenvalue weighted by atomic mass is 19.4. The van der Waals surface area contributed by atoms with Crippen LogP contribution in [0.5, 0.6) is 0 Å². The predicted molar refractivity (Wildman–Crippen MR) is 102 cm³/mol. The largest absolute Gasteiger partial charge is 0.417 e. The Kier molecular flexibility index (Phi) is 6.36. The molecule has 2 heterocycles. The van der Waals surface area contributed by atoms with Crippen LogP contribution in [-0.4, -0.2) is 48.0 Å². The van der Waals surface area contributed by atoms with Crippen molar-refractivity contribution in [2.45, 2.75) is 25.6 Å². The van der Waals surface area contributed by atoms with Gasteiger partial charge in [-0.15, -0.1) is 0 Å². The van der Waals surface area contributed by atoms with Gasteiger partial charge < -0.3 is 10.2 Å². The number of nitrogens with zero attached hydrogens (tertiary/aromatic N) is 3. The minimum atomic E-state index is -4.41. The van der Waals surface area contributed by atoms with Crippen LogP contribution in [0.4, 0.5) is 29.1 Å². The summed E-state index contributed by atoms with van der Waals surface area (Å²) < 4.78 is 51.4. The molecule has 1 N–H and O–H groups in total. The Morgan fingerprint density at radius 2 is 1.93 bits per heavy atom. The number of nitrogens with one attached hydrogen (secondary N) is 1. The fourth-order valence-corrected chi connectivity index (χ4v) is 3.27. The molecule has 1 saturated heterocycles. The number of amides is 1. The summed E-state index contributed by atoms with van der Waals surface area (Å²) in [4.78, 5) is 20.4. The van der Waals surface area contributed by atoms with Crippen molar-refractivity contribution in [3.8, 4) is 0 Å². The van der Waals surface area contributed by atoms with Gasteiger partial charge in [0.05, 0.1) is 11.6 Å². The monoisotopic (exact) mass is 410 g/mol. The van der Waals surface area contributed by atoms with Crippen LogP contribution in [0, 0.1) is 5.82 Å². The smallest absolute Gasteiger partial charge is 0.355 e. The number of hydrogen-bond acceptors (Lipinski definition) is 4. The van der Waals surface area contributed by atoms with Crippen molar-refractivity contribution in [3.63, 3.8) is 0 Å². The van der Waals surface area contributed by atoms with Gasteiger partial charge in [0.2, 0.25) is 5.91 Å². The summed E-state index contributed by atoms with van der Waals surface area (Å²) in [5, 5.41) is 2.71. The van der Waals surface area contributed by atoms with Crippen molar-refractivity contribution in [1.82, 2.24) is 9.88 Å². The van der Waals surface area contributed by atoms with Gasteiger partial charge in [-0.3, -0.25) is 9.69 Å². The first-order valence-electron chi connectivity index (χ1n) is 9.33. The van der Waals surface area contributed by atoms with Gasteiger partial charge >= 0.3 is 6.18 Å². The lowest BCUT2D eigenvalue weighted by atomic mass is 10.2. The molecule has 3 rings (SSSR count). The van der Waals surface area contributed by atoms with E-state index in [-0.39, 0.29) is 5.91 Å². The number of anilines is 2. The number of hydrogen-bond donors (Lipinski definition) is 1. The van der Waals surface area contributed by atoms with Gasteiger partial charge in [0.25, 0.3) is 0 Å². The highest BCUT2D eigenvalue weighted by molar-refractivity contribution is 5.94. The number of rotatable bonds is 4. The number of halogens is 4. The molecule has 1 aromatic heterocycles. The van der Waals surface area contributed by atoms with Gasteiger partial charge in [-0.25, -0.2) is 9.37 Å². The van der Waals surface area contributed by atoms with Gasteiger partial charge in [0.15, 0.2) is 0 Å². The number of alkyl halides is 3. The fraction of sp³-hybridized carbons (Fsp3) is 0.400. The predicted octanol–water partition coefficient (Wildman–Crippen LogP) is 3.78. The van der Waals surface area contributed by atoms with Crippen molar-refractivity contribution >= 4 is 17.4 Å². The molecule has 1 atom stereocenters. The molecule has 5 nitrogen and oxygen atoms in total. The van der Waals surface area contributed by atoms with Gasteiger partial charge in [0.1, 0.15) is 11.6 Å². The highest BCUT2D eigenvalue weighted by Gasteiger charge is 2.31. The Labute approximate surface area is 166 Å². The molecule has 29 heavy (non-hydrogen) atoms. The van der Waals surface area contributed by atoms with Crippen molar-refractivity contribution in [2.24, 2.45) is 0 Å². The Morgan fingerprint density at radius 3 is 2.59 bits per heavy atom. The molecule has 0 saturated carbocycles. The van der Waals surface area contributed by atoms with E-state index in [1.165, 1.54) is 24.3 Å². The molecular formula is C20H22F4N4O. The number of pyridine rings is 1. The topological polar surface area (TPSA) is 48.5 Å². The Bertz CT molecular complexity index is 841. The normalized spacial score (nSPS) is 16.9. The number of carbonyl (C=O) groups is 1. The van der Waals surface area contributed by atoms with Crippen molar-refractivity contribution in [2.75, 3.05) is 36.4 Å². The summed E-state index contributed by atoms with van der Waals surface area (Å²) in [7, 11) is 0. The summed E-state index contributed by atoms with van der Waals surface area (Å²) in [6.45, 7) is 4.17. The van der Waals surface area contributed by atoms with Crippen LogP contribution in [0.15, 0.2) is 42.6 Å². The van der Waals surface area contributed by atoms with Crippen LogP contribution >= 0.6 is 0 Å². The third-order valence-electron chi connectivity index (χ3n) is 4.95. The maximum Gasteiger partial charge on any atom is 0.417 e. The van der Waals surface area contributed by atoms with Crippen molar-refractivity contribution in [3.05, 3.63) is 54.0 Å². The molecule has 1 aromatic carbocycles. The zero-order chi connectivity index (χ0) is 21.0. The van der Waals surface area contributed by atoms with Gasteiger partial charge in [0, 0.05) is 38.1 Å². The Balaban J connectivity index is 1.59. The van der Waals surface area contributed by atoms with Crippen LogP contribution in [0.2, 0.25) is 0 Å². The minimum Gasteiger partial charge on any atom is -0.355 e. The van der Waals surface area contributed by atoms with E-state index in [1.807, 2.05) is 9.80 Å². The van der Waals surface area contributed by atoms with E-state index < -0.39 is 23.6 Å². The lowest BCUT2D eigenvalue weighted by Crippen LogP contribution is -2.44. The summed E-state index contributed by atoms with van der Waals surface area (Å²) in [5.74, 6) is -0.182. The molecule has 0 spiro atoms. The standard InChI is InChI=1S/C20H22F4N4O/c1-14(19(29)26-17-5-2-4-16(21)12-17)27-8-3-9-28(11-10-27)18-7-6-15(13-25-18)20(22,23)24/h2,4-7,12-14H,3,8-11H2,1H3,(H,26,29). The molecule has 1 aliphatic heterocycles. The lowest BCUT2D eigenvalue weighted by molar-refractivity contribution is -0.137. The summed E-state index contributed by atoms with van der Waals surface area (Å²) in [5.41, 5.74) is -0.382. The molecule has 0 bridgehead atoms. The molecule has 9 heteroatoms. The highest BCUT2D eigenvalue weighted by Crippen LogP contribution is 2.29. The van der Waals surface area contributed by atoms with Crippen LogP contribution in [0.1, 0.15) is 18.9 Å². The fourth-order valence-electron chi connectivity index (χ4n) is 3.27. The number of aromatic nitrogens is 1. The molecule has 1 fully saturated rings. The van der Waals surface area contributed by atoms with Gasteiger partial charge in [-0.05, 0) is 43.7 Å². The molecule has 1 unspecified atom stereocenters. The van der Waals surface area contributed by atoms with Crippen LogP contribution < -0.4 is 10.2 Å². The van der Waals surface area contributed by atoms with E-state index >= 15 is 0 Å². The number of benzene rings is 1. The average molecular weight is 410 g/mol. The van der Waals surface area contributed by atoms with E-state index in [4.69, 9.17) is 0 Å². The Morgan fingerprint density at radius 1 is 1.14 bits per heavy atom. The third kappa shape index (κ3) is 5.44. The molecule has 1 aliphatic rings. The summed E-state index contributed by atoms with van der Waals surface area (Å²) >= 11 is 0. The van der Waals surface area contributed by atoms with Crippen molar-refractivity contribution < 1.29 is 22.4 Å². The lowest BCUT2D eigenvalue weighted by Gasteiger charge is -2.27. The SMILES string of the molecule is CC(C(=O)Nc1cccc(F)c1)N1CCCN(c2ccc(C(F)(F)F)cn2)CC1. The van der Waals surface area contributed by atoms with Crippen LogP contribution in [-0.2, 0) is 11.0 Å². The molecule has 2 aromatic rings. The quantitative estimate of drug-likeness (QED) is 0.780. The van der Waals surface area contributed by atoms with Crippen molar-refractivity contribution in [1.29, 1.82) is 0 Å². The third-order valence-corrected chi connectivity index (χ3v) is 4.95. The van der Waals surface area contributed by atoms with E-state index in [2.05, 4.69) is 10.3 Å². The number of carbonyl (C=O) groups excluding carboxylic acids is 1. The first-order chi connectivity index (χ1) is 13.7. The molecule has 156 valence electrons. The second kappa shape index (κ2) is 8.77. The van der Waals surface area contributed by atoms with E-state index in [1.54, 1.807) is 13.0 Å². The van der Waals surface area contributed by atoms with Gasteiger partial charge in [-0.1, -0.05) is 6.07 Å².